The van der Waals surface area contributed by atoms with E-state index in [2.05, 4.69) is 19.9 Å². The molecule has 0 aromatic heterocycles. The molecule has 0 aliphatic carbocycles. The zero-order valence-electron chi connectivity index (χ0n) is 18.4. The summed E-state index contributed by atoms with van der Waals surface area (Å²) in [6.45, 7) is 4.93. The molecule has 0 rings (SSSR count). The third-order valence-electron chi connectivity index (χ3n) is 5.50. The summed E-state index contributed by atoms with van der Waals surface area (Å²) in [6.07, 6.45) is 29.5. The SMILES string of the molecule is CCCCCCCCC/C=C(/CCCCO)CCCCCCCCCC. The van der Waals surface area contributed by atoms with E-state index in [9.17, 15) is 0 Å². The average molecular weight is 367 g/mol. The Balaban J connectivity index is 3.77. The summed E-state index contributed by atoms with van der Waals surface area (Å²) >= 11 is 0. The summed E-state index contributed by atoms with van der Waals surface area (Å²) in [5.41, 5.74) is 1.68. The minimum Gasteiger partial charge on any atom is -0.396 e. The Morgan fingerprint density at radius 1 is 0.538 bits per heavy atom. The van der Waals surface area contributed by atoms with Gasteiger partial charge >= 0.3 is 0 Å². The summed E-state index contributed by atoms with van der Waals surface area (Å²) < 4.78 is 0. The van der Waals surface area contributed by atoms with Crippen molar-refractivity contribution in [3.63, 3.8) is 0 Å². The second-order valence-electron chi connectivity index (χ2n) is 8.18. The van der Waals surface area contributed by atoms with Gasteiger partial charge in [-0.15, -0.1) is 0 Å². The lowest BCUT2D eigenvalue weighted by Crippen LogP contribution is -1.90. The first-order valence-electron chi connectivity index (χ1n) is 12.1. The van der Waals surface area contributed by atoms with Crippen molar-refractivity contribution in [1.29, 1.82) is 0 Å². The zero-order chi connectivity index (χ0) is 19.1. The van der Waals surface area contributed by atoms with E-state index >= 15 is 0 Å². The Hall–Kier alpha value is -0.300. The lowest BCUT2D eigenvalue weighted by atomic mass is 9.98. The van der Waals surface area contributed by atoms with Gasteiger partial charge in [-0.2, -0.15) is 0 Å². The van der Waals surface area contributed by atoms with Gasteiger partial charge in [0.1, 0.15) is 0 Å². The topological polar surface area (TPSA) is 20.2 Å². The lowest BCUT2D eigenvalue weighted by Gasteiger charge is -2.08. The van der Waals surface area contributed by atoms with Gasteiger partial charge in [-0.3, -0.25) is 0 Å². The smallest absolute Gasteiger partial charge is 0.0431 e. The van der Waals surface area contributed by atoms with E-state index in [1.54, 1.807) is 5.57 Å². The van der Waals surface area contributed by atoms with Gasteiger partial charge in [-0.1, -0.05) is 109 Å². The van der Waals surface area contributed by atoms with Crippen LogP contribution < -0.4 is 0 Å². The standard InChI is InChI=1S/C25H50O/c1-3-5-7-9-11-13-15-17-21-25(23-19-20-24-26)22-18-16-14-12-10-8-6-4-2/h21,26H,3-20,22-24H2,1-2H3/b25-21+. The van der Waals surface area contributed by atoms with Crippen LogP contribution in [0.3, 0.4) is 0 Å². The van der Waals surface area contributed by atoms with E-state index in [4.69, 9.17) is 5.11 Å². The molecule has 1 nitrogen and oxygen atoms in total. The quantitative estimate of drug-likeness (QED) is 0.159. The fraction of sp³-hybridized carbons (Fsp3) is 0.920. The first-order chi connectivity index (χ1) is 12.8. The molecule has 0 fully saturated rings. The van der Waals surface area contributed by atoms with Crippen LogP contribution in [0, 0.1) is 0 Å². The fourth-order valence-corrected chi connectivity index (χ4v) is 3.69. The van der Waals surface area contributed by atoms with Crippen molar-refractivity contribution in [2.45, 2.75) is 142 Å². The molecule has 0 amide bonds. The molecule has 1 N–H and O–H groups in total. The van der Waals surface area contributed by atoms with Crippen LogP contribution in [0.25, 0.3) is 0 Å². The molecule has 0 saturated heterocycles. The van der Waals surface area contributed by atoms with Crippen molar-refractivity contribution >= 4 is 0 Å². The Morgan fingerprint density at radius 3 is 1.46 bits per heavy atom. The Labute approximate surface area is 166 Å². The average Bonchev–Trinajstić information content (AvgIpc) is 2.65. The maximum Gasteiger partial charge on any atom is 0.0431 e. The highest BCUT2D eigenvalue weighted by Gasteiger charge is 2.00. The third-order valence-corrected chi connectivity index (χ3v) is 5.50. The Kier molecular flexibility index (Phi) is 22.5. The van der Waals surface area contributed by atoms with Crippen molar-refractivity contribution in [3.8, 4) is 0 Å². The fourth-order valence-electron chi connectivity index (χ4n) is 3.69. The second-order valence-corrected chi connectivity index (χ2v) is 8.18. The summed E-state index contributed by atoms with van der Waals surface area (Å²) in [4.78, 5) is 0. The van der Waals surface area contributed by atoms with Crippen LogP contribution in [0.4, 0.5) is 0 Å². The van der Waals surface area contributed by atoms with Gasteiger partial charge in [0.15, 0.2) is 0 Å². The summed E-state index contributed by atoms with van der Waals surface area (Å²) in [7, 11) is 0. The second kappa shape index (κ2) is 22.7. The lowest BCUT2D eigenvalue weighted by molar-refractivity contribution is 0.284. The highest BCUT2D eigenvalue weighted by Crippen LogP contribution is 2.19. The number of aliphatic hydroxyl groups is 1. The van der Waals surface area contributed by atoms with Crippen LogP contribution >= 0.6 is 0 Å². The minimum absolute atomic E-state index is 0.350. The van der Waals surface area contributed by atoms with E-state index in [1.807, 2.05) is 0 Å². The molecule has 0 aromatic rings. The highest BCUT2D eigenvalue weighted by atomic mass is 16.2. The van der Waals surface area contributed by atoms with Gasteiger partial charge in [0.2, 0.25) is 0 Å². The van der Waals surface area contributed by atoms with Crippen molar-refractivity contribution in [3.05, 3.63) is 11.6 Å². The monoisotopic (exact) mass is 366 g/mol. The van der Waals surface area contributed by atoms with E-state index in [0.29, 0.717) is 6.61 Å². The summed E-state index contributed by atoms with van der Waals surface area (Å²) in [6, 6.07) is 0. The first-order valence-corrected chi connectivity index (χ1v) is 12.1. The van der Waals surface area contributed by atoms with Crippen LogP contribution in [-0.2, 0) is 0 Å². The van der Waals surface area contributed by atoms with Crippen LogP contribution in [0.15, 0.2) is 11.6 Å². The molecule has 156 valence electrons. The Bertz CT molecular complexity index is 282. The zero-order valence-corrected chi connectivity index (χ0v) is 18.4. The molecule has 1 heteroatoms. The third kappa shape index (κ3) is 20.0. The summed E-state index contributed by atoms with van der Waals surface area (Å²) in [5.74, 6) is 0. The molecular formula is C25H50O. The predicted molar refractivity (Wildman–Crippen MR) is 119 cm³/mol. The normalized spacial score (nSPS) is 12.0. The molecule has 0 aliphatic heterocycles. The van der Waals surface area contributed by atoms with Crippen LogP contribution in [0.1, 0.15) is 142 Å². The number of hydrogen-bond donors (Lipinski definition) is 1. The molecule has 0 bridgehead atoms. The van der Waals surface area contributed by atoms with Gasteiger partial charge in [0.05, 0.1) is 0 Å². The predicted octanol–water partition coefficient (Wildman–Crippen LogP) is 8.75. The molecule has 0 spiro atoms. The number of aliphatic hydroxyl groups excluding tert-OH is 1. The maximum absolute atomic E-state index is 9.03. The highest BCUT2D eigenvalue weighted by molar-refractivity contribution is 5.01. The molecule has 0 aromatic carbocycles. The molecule has 0 radical (unpaired) electrons. The van der Waals surface area contributed by atoms with E-state index in [0.717, 1.165) is 12.8 Å². The van der Waals surface area contributed by atoms with E-state index < -0.39 is 0 Å². The number of hydrogen-bond acceptors (Lipinski definition) is 1. The van der Waals surface area contributed by atoms with Crippen molar-refractivity contribution < 1.29 is 5.11 Å². The first kappa shape index (κ1) is 25.7. The van der Waals surface area contributed by atoms with Gasteiger partial charge in [0, 0.05) is 6.61 Å². The largest absolute Gasteiger partial charge is 0.396 e. The summed E-state index contributed by atoms with van der Waals surface area (Å²) in [5, 5.41) is 9.03. The van der Waals surface area contributed by atoms with E-state index in [-0.39, 0.29) is 0 Å². The molecule has 0 saturated carbocycles. The molecule has 0 aliphatic rings. The Morgan fingerprint density at radius 2 is 0.962 bits per heavy atom. The molecule has 0 unspecified atom stereocenters. The molecule has 26 heavy (non-hydrogen) atoms. The van der Waals surface area contributed by atoms with Crippen LogP contribution in [0.2, 0.25) is 0 Å². The number of allylic oxidation sites excluding steroid dienone is 2. The van der Waals surface area contributed by atoms with Crippen molar-refractivity contribution in [1.82, 2.24) is 0 Å². The van der Waals surface area contributed by atoms with Crippen LogP contribution in [0.5, 0.6) is 0 Å². The number of unbranched alkanes of at least 4 members (excludes halogenated alkanes) is 15. The van der Waals surface area contributed by atoms with Gasteiger partial charge in [0.25, 0.3) is 0 Å². The van der Waals surface area contributed by atoms with Crippen molar-refractivity contribution in [2.24, 2.45) is 0 Å². The van der Waals surface area contributed by atoms with Gasteiger partial charge in [-0.25, -0.2) is 0 Å². The minimum atomic E-state index is 0.350. The maximum atomic E-state index is 9.03. The molecular weight excluding hydrogens is 316 g/mol. The van der Waals surface area contributed by atoms with Gasteiger partial charge in [-0.05, 0) is 44.9 Å². The molecule has 0 atom stereocenters. The van der Waals surface area contributed by atoms with Crippen LogP contribution in [-0.4, -0.2) is 11.7 Å². The van der Waals surface area contributed by atoms with E-state index in [1.165, 1.54) is 116 Å². The van der Waals surface area contributed by atoms with Gasteiger partial charge < -0.3 is 5.11 Å². The van der Waals surface area contributed by atoms with Crippen molar-refractivity contribution in [2.75, 3.05) is 6.61 Å². The number of rotatable bonds is 21. The molecule has 0 heterocycles.